The zero-order chi connectivity index (χ0) is 30.9. The van der Waals surface area contributed by atoms with Crippen molar-refractivity contribution in [1.29, 1.82) is 0 Å². The minimum absolute atomic E-state index is 0.0526. The standard InChI is InChI=1S/C33H46N2O7/c1-9-10-11-12-23(4)35(20-24-13-15-25(16-14-24)40-21-22(2)3)30(29-31(36)41-33(5,6)42-32(29)37)34-27-18-17-26(38-7)19-28(27)39-8/h13-19,22-23,34H,9-12,20-21H2,1-8H3. The Hall–Kier alpha value is -3.88. The zero-order valence-electron chi connectivity index (χ0n) is 26.2. The molecular formula is C33H46N2O7. The molecule has 2 aromatic rings. The summed E-state index contributed by atoms with van der Waals surface area (Å²) < 4.78 is 27.9. The second kappa shape index (κ2) is 14.8. The predicted octanol–water partition coefficient (Wildman–Crippen LogP) is 6.67. The van der Waals surface area contributed by atoms with Gasteiger partial charge in [0.05, 0.1) is 26.5 Å². The van der Waals surface area contributed by atoms with Crippen molar-refractivity contribution in [1.82, 2.24) is 4.90 Å². The summed E-state index contributed by atoms with van der Waals surface area (Å²) in [6.07, 6.45) is 3.99. The summed E-state index contributed by atoms with van der Waals surface area (Å²) in [5, 5.41) is 3.34. The van der Waals surface area contributed by atoms with E-state index >= 15 is 0 Å². The first kappa shape index (κ1) is 32.6. The lowest BCUT2D eigenvalue weighted by atomic mass is 10.1. The van der Waals surface area contributed by atoms with Gasteiger partial charge < -0.3 is 33.9 Å². The topological polar surface area (TPSA) is 95.6 Å². The number of anilines is 1. The minimum atomic E-state index is -1.37. The van der Waals surface area contributed by atoms with Crippen LogP contribution in [0.3, 0.4) is 0 Å². The Kier molecular flexibility index (Phi) is 11.5. The lowest BCUT2D eigenvalue weighted by molar-refractivity contribution is -0.222. The number of esters is 2. The van der Waals surface area contributed by atoms with Gasteiger partial charge in [-0.3, -0.25) is 0 Å². The van der Waals surface area contributed by atoms with Gasteiger partial charge in [0, 0.05) is 32.5 Å². The van der Waals surface area contributed by atoms with Crippen LogP contribution in [0.25, 0.3) is 0 Å². The van der Waals surface area contributed by atoms with Crippen molar-refractivity contribution in [2.45, 2.75) is 85.6 Å². The number of benzene rings is 2. The number of hydrogen-bond donors (Lipinski definition) is 1. The first-order valence-corrected chi connectivity index (χ1v) is 14.7. The lowest BCUT2D eigenvalue weighted by Crippen LogP contribution is -2.45. The number of ether oxygens (including phenoxy) is 5. The fourth-order valence-corrected chi connectivity index (χ4v) is 4.60. The maximum absolute atomic E-state index is 13.4. The maximum atomic E-state index is 13.4. The molecule has 0 bridgehead atoms. The molecular weight excluding hydrogens is 536 g/mol. The first-order valence-electron chi connectivity index (χ1n) is 14.7. The average molecular weight is 583 g/mol. The molecule has 1 unspecified atom stereocenters. The Morgan fingerprint density at radius 1 is 0.929 bits per heavy atom. The fraction of sp³-hybridized carbons (Fsp3) is 0.515. The van der Waals surface area contributed by atoms with Gasteiger partial charge in [-0.2, -0.15) is 0 Å². The summed E-state index contributed by atoms with van der Waals surface area (Å²) in [6, 6.07) is 13.1. The number of nitrogens with one attached hydrogen (secondary N) is 1. The van der Waals surface area contributed by atoms with Gasteiger partial charge in [-0.15, -0.1) is 0 Å². The number of carbonyl (C=O) groups excluding carboxylic acids is 2. The number of cyclic esters (lactones) is 2. The average Bonchev–Trinajstić information content (AvgIpc) is 2.94. The number of hydrogen-bond acceptors (Lipinski definition) is 9. The number of nitrogens with zero attached hydrogens (tertiary/aromatic N) is 1. The number of carbonyl (C=O) groups is 2. The molecule has 9 heteroatoms. The Balaban J connectivity index is 2.11. The molecule has 0 aliphatic carbocycles. The second-order valence-electron chi connectivity index (χ2n) is 11.4. The van der Waals surface area contributed by atoms with E-state index in [-0.39, 0.29) is 17.4 Å². The van der Waals surface area contributed by atoms with Crippen molar-refractivity contribution in [3.05, 3.63) is 59.4 Å². The molecule has 0 aromatic heterocycles. The molecule has 230 valence electrons. The van der Waals surface area contributed by atoms with Gasteiger partial charge in [0.2, 0.25) is 0 Å². The molecule has 0 spiro atoms. The van der Waals surface area contributed by atoms with Crippen LogP contribution < -0.4 is 19.5 Å². The molecule has 0 amide bonds. The van der Waals surface area contributed by atoms with Crippen LogP contribution in [0.4, 0.5) is 5.69 Å². The van der Waals surface area contributed by atoms with Gasteiger partial charge in [0.1, 0.15) is 23.1 Å². The van der Waals surface area contributed by atoms with Crippen LogP contribution in [0.15, 0.2) is 53.9 Å². The van der Waals surface area contributed by atoms with Crippen molar-refractivity contribution in [3.8, 4) is 17.2 Å². The number of unbranched alkanes of at least 4 members (excludes halogenated alkanes) is 2. The molecule has 1 heterocycles. The third kappa shape index (κ3) is 8.81. The fourth-order valence-electron chi connectivity index (χ4n) is 4.60. The van der Waals surface area contributed by atoms with Crippen molar-refractivity contribution in [2.24, 2.45) is 5.92 Å². The van der Waals surface area contributed by atoms with Crippen molar-refractivity contribution >= 4 is 17.6 Å². The quantitative estimate of drug-likeness (QED) is 0.107. The van der Waals surface area contributed by atoms with E-state index in [1.54, 1.807) is 32.4 Å². The SMILES string of the molecule is CCCCCC(C)N(Cc1ccc(OCC(C)C)cc1)C(Nc1ccc(OC)cc1OC)=C1C(=O)OC(C)(C)OC1=O. The third-order valence-corrected chi connectivity index (χ3v) is 6.89. The van der Waals surface area contributed by atoms with E-state index in [0.717, 1.165) is 37.0 Å². The largest absolute Gasteiger partial charge is 0.497 e. The van der Waals surface area contributed by atoms with Crippen molar-refractivity contribution in [2.75, 3.05) is 26.1 Å². The molecule has 1 fully saturated rings. The summed E-state index contributed by atoms with van der Waals surface area (Å²) in [4.78, 5) is 28.8. The van der Waals surface area contributed by atoms with Gasteiger partial charge in [-0.1, -0.05) is 52.2 Å². The highest BCUT2D eigenvalue weighted by Crippen LogP contribution is 2.34. The van der Waals surface area contributed by atoms with Crippen molar-refractivity contribution in [3.63, 3.8) is 0 Å². The Bertz CT molecular complexity index is 1220. The van der Waals surface area contributed by atoms with Crippen LogP contribution in [0.2, 0.25) is 0 Å². The molecule has 42 heavy (non-hydrogen) atoms. The summed E-state index contributed by atoms with van der Waals surface area (Å²) in [5.41, 5.74) is 1.33. The van der Waals surface area contributed by atoms with Crippen LogP contribution in [-0.2, 0) is 25.6 Å². The smallest absolute Gasteiger partial charge is 0.352 e. The Morgan fingerprint density at radius 2 is 1.57 bits per heavy atom. The van der Waals surface area contributed by atoms with E-state index in [4.69, 9.17) is 23.7 Å². The van der Waals surface area contributed by atoms with Crippen molar-refractivity contribution < 1.29 is 33.3 Å². The minimum Gasteiger partial charge on any atom is -0.497 e. The highest BCUT2D eigenvalue weighted by atomic mass is 16.7. The highest BCUT2D eigenvalue weighted by Gasteiger charge is 2.42. The summed E-state index contributed by atoms with van der Waals surface area (Å²) in [5.74, 6) is -0.304. The molecule has 3 rings (SSSR count). The monoisotopic (exact) mass is 582 g/mol. The Labute approximate surface area is 250 Å². The van der Waals surface area contributed by atoms with Gasteiger partial charge >= 0.3 is 11.9 Å². The highest BCUT2D eigenvalue weighted by molar-refractivity contribution is 6.16. The van der Waals surface area contributed by atoms with E-state index < -0.39 is 17.7 Å². The normalized spacial score (nSPS) is 15.0. The summed E-state index contributed by atoms with van der Waals surface area (Å²) in [7, 11) is 3.12. The van der Waals surface area contributed by atoms with Gasteiger partial charge in [-0.25, -0.2) is 9.59 Å². The van der Waals surface area contributed by atoms with Gasteiger partial charge in [0.15, 0.2) is 5.57 Å². The number of methoxy groups -OCH3 is 2. The van der Waals surface area contributed by atoms with Gasteiger partial charge in [-0.05, 0) is 49.1 Å². The number of rotatable bonds is 15. The third-order valence-electron chi connectivity index (χ3n) is 6.89. The van der Waals surface area contributed by atoms with E-state index in [9.17, 15) is 9.59 Å². The molecule has 1 saturated heterocycles. The molecule has 1 N–H and O–H groups in total. The Morgan fingerprint density at radius 3 is 2.14 bits per heavy atom. The molecule has 0 radical (unpaired) electrons. The molecule has 2 aromatic carbocycles. The summed E-state index contributed by atoms with van der Waals surface area (Å²) in [6.45, 7) is 12.6. The lowest BCUT2D eigenvalue weighted by Gasteiger charge is -2.37. The van der Waals surface area contributed by atoms with E-state index in [0.29, 0.717) is 36.3 Å². The molecule has 0 saturated carbocycles. The van der Waals surface area contributed by atoms with E-state index in [1.807, 2.05) is 29.2 Å². The van der Waals surface area contributed by atoms with Crippen LogP contribution in [0, 0.1) is 5.92 Å². The van der Waals surface area contributed by atoms with E-state index in [1.165, 1.54) is 13.8 Å². The molecule has 1 aliphatic rings. The maximum Gasteiger partial charge on any atom is 0.352 e. The first-order chi connectivity index (χ1) is 20.0. The van der Waals surface area contributed by atoms with Crippen LogP contribution in [-0.4, -0.2) is 49.5 Å². The molecule has 1 aliphatic heterocycles. The van der Waals surface area contributed by atoms with Crippen LogP contribution >= 0.6 is 0 Å². The van der Waals surface area contributed by atoms with Crippen LogP contribution in [0.5, 0.6) is 17.2 Å². The van der Waals surface area contributed by atoms with Gasteiger partial charge in [0.25, 0.3) is 5.79 Å². The second-order valence-corrected chi connectivity index (χ2v) is 11.4. The molecule has 1 atom stereocenters. The summed E-state index contributed by atoms with van der Waals surface area (Å²) >= 11 is 0. The zero-order valence-corrected chi connectivity index (χ0v) is 26.2. The van der Waals surface area contributed by atoms with Crippen LogP contribution in [0.1, 0.15) is 72.8 Å². The van der Waals surface area contributed by atoms with E-state index in [2.05, 4.69) is 33.0 Å². The predicted molar refractivity (Wildman–Crippen MR) is 162 cm³/mol. The molecule has 9 nitrogen and oxygen atoms in total.